The number of nitrogens with zero attached hydrogens (tertiary/aromatic N) is 1. The highest BCUT2D eigenvalue weighted by Gasteiger charge is 2.14. The van der Waals surface area contributed by atoms with Crippen molar-refractivity contribution in [1.82, 2.24) is 10.3 Å². The standard InChI is InChI=1S/C16H18ClN3/c17-15-2-1-13-5-9-19-10-6-14(13)16(15)20-11-12-3-7-18-8-4-12/h1-4,7-8,19-20H,5-6,9-11H2. The molecule has 0 bridgehead atoms. The molecule has 0 saturated heterocycles. The highest BCUT2D eigenvalue weighted by molar-refractivity contribution is 6.33. The van der Waals surface area contributed by atoms with Gasteiger partial charge in [-0.1, -0.05) is 17.7 Å². The summed E-state index contributed by atoms with van der Waals surface area (Å²) >= 11 is 6.39. The minimum Gasteiger partial charge on any atom is -0.380 e. The SMILES string of the molecule is Clc1ccc2c(c1NCc1ccncc1)CCNCC2. The molecule has 0 atom stereocenters. The summed E-state index contributed by atoms with van der Waals surface area (Å²) in [4.78, 5) is 4.04. The van der Waals surface area contributed by atoms with Crippen molar-refractivity contribution in [3.8, 4) is 0 Å². The van der Waals surface area contributed by atoms with Crippen molar-refractivity contribution in [3.63, 3.8) is 0 Å². The number of nitrogens with one attached hydrogen (secondary N) is 2. The van der Waals surface area contributed by atoms with Crippen molar-refractivity contribution in [1.29, 1.82) is 0 Å². The van der Waals surface area contributed by atoms with Crippen LogP contribution in [0.2, 0.25) is 5.02 Å². The second-order valence-electron chi connectivity index (χ2n) is 5.02. The fourth-order valence-corrected chi connectivity index (χ4v) is 2.87. The molecule has 1 aliphatic heterocycles. The van der Waals surface area contributed by atoms with Crippen LogP contribution in [0.5, 0.6) is 0 Å². The normalized spacial score (nSPS) is 14.4. The number of rotatable bonds is 3. The van der Waals surface area contributed by atoms with Crippen molar-refractivity contribution >= 4 is 17.3 Å². The zero-order valence-corrected chi connectivity index (χ0v) is 12.1. The molecule has 104 valence electrons. The lowest BCUT2D eigenvalue weighted by Gasteiger charge is -2.16. The second-order valence-corrected chi connectivity index (χ2v) is 5.43. The Bertz CT molecular complexity index is 584. The van der Waals surface area contributed by atoms with Crippen molar-refractivity contribution in [2.45, 2.75) is 19.4 Å². The van der Waals surface area contributed by atoms with Crippen LogP contribution in [-0.4, -0.2) is 18.1 Å². The summed E-state index contributed by atoms with van der Waals surface area (Å²) in [5.41, 5.74) is 5.05. The summed E-state index contributed by atoms with van der Waals surface area (Å²) in [5, 5.41) is 7.74. The van der Waals surface area contributed by atoms with Gasteiger partial charge in [0.1, 0.15) is 0 Å². The molecule has 0 unspecified atom stereocenters. The van der Waals surface area contributed by atoms with E-state index in [1.54, 1.807) is 0 Å². The Hall–Kier alpha value is -1.58. The van der Waals surface area contributed by atoms with E-state index in [0.29, 0.717) is 0 Å². The number of pyridine rings is 1. The zero-order valence-electron chi connectivity index (χ0n) is 11.3. The van der Waals surface area contributed by atoms with Crippen molar-refractivity contribution < 1.29 is 0 Å². The van der Waals surface area contributed by atoms with Gasteiger partial charge in [0.25, 0.3) is 0 Å². The van der Waals surface area contributed by atoms with Crippen LogP contribution in [0.4, 0.5) is 5.69 Å². The van der Waals surface area contributed by atoms with Gasteiger partial charge in [-0.2, -0.15) is 0 Å². The molecule has 0 aliphatic carbocycles. The second kappa shape index (κ2) is 6.25. The van der Waals surface area contributed by atoms with Crippen LogP contribution in [-0.2, 0) is 19.4 Å². The number of aromatic nitrogens is 1. The summed E-state index contributed by atoms with van der Waals surface area (Å²) in [6.45, 7) is 2.82. The Morgan fingerprint density at radius 3 is 2.75 bits per heavy atom. The lowest BCUT2D eigenvalue weighted by molar-refractivity contribution is 0.711. The number of fused-ring (bicyclic) bond motifs is 1. The molecule has 0 fully saturated rings. The average molecular weight is 288 g/mol. The van der Waals surface area contributed by atoms with E-state index in [4.69, 9.17) is 11.6 Å². The van der Waals surface area contributed by atoms with E-state index in [0.717, 1.165) is 43.2 Å². The third kappa shape index (κ3) is 2.94. The summed E-state index contributed by atoms with van der Waals surface area (Å²) in [7, 11) is 0. The Morgan fingerprint density at radius 2 is 1.90 bits per heavy atom. The van der Waals surface area contributed by atoms with E-state index in [1.807, 2.05) is 30.6 Å². The first kappa shape index (κ1) is 13.4. The van der Waals surface area contributed by atoms with Crippen molar-refractivity contribution in [2.75, 3.05) is 18.4 Å². The summed E-state index contributed by atoms with van der Waals surface area (Å²) in [6.07, 6.45) is 5.72. The van der Waals surface area contributed by atoms with Gasteiger partial charge in [-0.25, -0.2) is 0 Å². The molecular weight excluding hydrogens is 270 g/mol. The molecule has 0 radical (unpaired) electrons. The van der Waals surface area contributed by atoms with Crippen LogP contribution in [0.15, 0.2) is 36.7 Å². The van der Waals surface area contributed by atoms with Crippen molar-refractivity contribution in [2.24, 2.45) is 0 Å². The number of hydrogen-bond acceptors (Lipinski definition) is 3. The lowest BCUT2D eigenvalue weighted by atomic mass is 10.0. The molecule has 1 aliphatic rings. The van der Waals surface area contributed by atoms with Crippen LogP contribution in [0.3, 0.4) is 0 Å². The monoisotopic (exact) mass is 287 g/mol. The van der Waals surface area contributed by atoms with E-state index in [9.17, 15) is 0 Å². The predicted octanol–water partition coefficient (Wildman–Crippen LogP) is 3.04. The number of hydrogen-bond donors (Lipinski definition) is 2. The lowest BCUT2D eigenvalue weighted by Crippen LogP contribution is -2.16. The molecule has 2 N–H and O–H groups in total. The topological polar surface area (TPSA) is 37.0 Å². The number of halogens is 1. The molecule has 0 saturated carbocycles. The van der Waals surface area contributed by atoms with Crippen LogP contribution in [0.25, 0.3) is 0 Å². The van der Waals surface area contributed by atoms with Gasteiger partial charge in [-0.3, -0.25) is 4.98 Å². The van der Waals surface area contributed by atoms with Crippen LogP contribution >= 0.6 is 11.6 Å². The smallest absolute Gasteiger partial charge is 0.0640 e. The Kier molecular flexibility index (Phi) is 4.19. The molecule has 2 aromatic rings. The molecule has 0 amide bonds. The zero-order chi connectivity index (χ0) is 13.8. The largest absolute Gasteiger partial charge is 0.380 e. The van der Waals surface area contributed by atoms with Gasteiger partial charge in [-0.15, -0.1) is 0 Å². The average Bonchev–Trinajstić information content (AvgIpc) is 2.73. The molecule has 2 heterocycles. The third-order valence-corrected chi connectivity index (χ3v) is 4.02. The quantitative estimate of drug-likeness (QED) is 0.911. The molecule has 0 spiro atoms. The van der Waals surface area contributed by atoms with E-state index < -0.39 is 0 Å². The molecule has 3 nitrogen and oxygen atoms in total. The predicted molar refractivity (Wildman–Crippen MR) is 83.3 cm³/mol. The van der Waals surface area contributed by atoms with Gasteiger partial charge in [0.05, 0.1) is 10.7 Å². The molecule has 3 rings (SSSR count). The van der Waals surface area contributed by atoms with E-state index in [1.165, 1.54) is 16.7 Å². The highest BCUT2D eigenvalue weighted by atomic mass is 35.5. The first-order valence-corrected chi connectivity index (χ1v) is 7.36. The Labute approximate surface area is 124 Å². The minimum absolute atomic E-state index is 0.770. The maximum atomic E-state index is 6.39. The van der Waals surface area contributed by atoms with Gasteiger partial charge in [0.15, 0.2) is 0 Å². The molecule has 20 heavy (non-hydrogen) atoms. The molecule has 1 aromatic carbocycles. The molecular formula is C16H18ClN3. The van der Waals surface area contributed by atoms with Crippen LogP contribution in [0.1, 0.15) is 16.7 Å². The van der Waals surface area contributed by atoms with Gasteiger partial charge >= 0.3 is 0 Å². The fourth-order valence-electron chi connectivity index (χ4n) is 2.63. The van der Waals surface area contributed by atoms with E-state index in [2.05, 4.69) is 21.7 Å². The number of benzene rings is 1. The van der Waals surface area contributed by atoms with Gasteiger partial charge in [-0.05, 0) is 60.8 Å². The van der Waals surface area contributed by atoms with Gasteiger partial charge in [0, 0.05) is 18.9 Å². The van der Waals surface area contributed by atoms with Gasteiger partial charge in [0.2, 0.25) is 0 Å². The summed E-state index contributed by atoms with van der Waals surface area (Å²) in [6, 6.07) is 8.19. The summed E-state index contributed by atoms with van der Waals surface area (Å²) in [5.74, 6) is 0. The molecule has 4 heteroatoms. The first-order valence-electron chi connectivity index (χ1n) is 6.98. The third-order valence-electron chi connectivity index (χ3n) is 3.70. The van der Waals surface area contributed by atoms with E-state index in [-0.39, 0.29) is 0 Å². The maximum absolute atomic E-state index is 6.39. The fraction of sp³-hybridized carbons (Fsp3) is 0.312. The van der Waals surface area contributed by atoms with Crippen molar-refractivity contribution in [3.05, 3.63) is 58.4 Å². The highest BCUT2D eigenvalue weighted by Crippen LogP contribution is 2.31. The Morgan fingerprint density at radius 1 is 1.10 bits per heavy atom. The molecule has 1 aromatic heterocycles. The summed E-state index contributed by atoms with van der Waals surface area (Å²) < 4.78 is 0. The maximum Gasteiger partial charge on any atom is 0.0640 e. The number of anilines is 1. The van der Waals surface area contributed by atoms with E-state index >= 15 is 0 Å². The van der Waals surface area contributed by atoms with Crippen LogP contribution < -0.4 is 10.6 Å². The Balaban J connectivity index is 1.85. The minimum atomic E-state index is 0.770. The van der Waals surface area contributed by atoms with Crippen LogP contribution in [0, 0.1) is 0 Å². The first-order chi connectivity index (χ1) is 9.84. The van der Waals surface area contributed by atoms with Gasteiger partial charge < -0.3 is 10.6 Å².